The van der Waals surface area contributed by atoms with E-state index in [4.69, 9.17) is 11.1 Å². The highest BCUT2D eigenvalue weighted by molar-refractivity contribution is 9.10. The van der Waals surface area contributed by atoms with Crippen molar-refractivity contribution < 1.29 is 13.2 Å². The monoisotopic (exact) mass is 323 g/mol. The molecule has 7 heteroatoms. The van der Waals surface area contributed by atoms with Gasteiger partial charge in [0.25, 0.3) is 0 Å². The van der Waals surface area contributed by atoms with Crippen molar-refractivity contribution in [2.24, 2.45) is 5.73 Å². The molecule has 3 N–H and O–H groups in total. The van der Waals surface area contributed by atoms with Gasteiger partial charge in [-0.2, -0.15) is 13.2 Å². The average molecular weight is 324 g/mol. The molecule has 0 aliphatic rings. The van der Waals surface area contributed by atoms with Gasteiger partial charge in [-0.15, -0.1) is 0 Å². The fourth-order valence-electron chi connectivity index (χ4n) is 1.58. The number of amidine groups is 1. The zero-order valence-electron chi connectivity index (χ0n) is 9.68. The summed E-state index contributed by atoms with van der Waals surface area (Å²) in [6, 6.07) is 4.70. The molecule has 0 spiro atoms. The van der Waals surface area contributed by atoms with E-state index in [1.165, 1.54) is 12.1 Å². The van der Waals surface area contributed by atoms with Crippen molar-refractivity contribution in [2.75, 3.05) is 18.0 Å². The zero-order chi connectivity index (χ0) is 13.9. The van der Waals surface area contributed by atoms with Crippen LogP contribution in [0, 0.1) is 5.41 Å². The number of anilines is 1. The Balaban J connectivity index is 3.19. The van der Waals surface area contributed by atoms with Crippen LogP contribution in [-0.2, 0) is 0 Å². The van der Waals surface area contributed by atoms with Gasteiger partial charge in [-0.25, -0.2) is 0 Å². The summed E-state index contributed by atoms with van der Waals surface area (Å²) in [5.41, 5.74) is 5.98. The Bertz CT molecular complexity index is 446. The lowest BCUT2D eigenvalue weighted by molar-refractivity contribution is -0.119. The maximum absolute atomic E-state index is 12.5. The van der Waals surface area contributed by atoms with Crippen LogP contribution in [0.1, 0.15) is 12.5 Å². The maximum atomic E-state index is 12.5. The van der Waals surface area contributed by atoms with E-state index in [2.05, 4.69) is 15.9 Å². The number of nitrogens with zero attached hydrogens (tertiary/aromatic N) is 1. The molecule has 1 aromatic carbocycles. The molecule has 0 heterocycles. The molecule has 0 saturated carbocycles. The number of benzene rings is 1. The van der Waals surface area contributed by atoms with Crippen LogP contribution in [-0.4, -0.2) is 25.1 Å². The molecule has 0 aromatic heterocycles. The Morgan fingerprint density at radius 1 is 1.44 bits per heavy atom. The quantitative estimate of drug-likeness (QED) is 0.660. The number of hydrogen-bond acceptors (Lipinski definition) is 2. The van der Waals surface area contributed by atoms with Gasteiger partial charge in [0.1, 0.15) is 12.4 Å². The van der Waals surface area contributed by atoms with Gasteiger partial charge in [-0.3, -0.25) is 5.41 Å². The number of rotatable bonds is 4. The highest BCUT2D eigenvalue weighted by Crippen LogP contribution is 2.28. The molecule has 0 radical (unpaired) electrons. The predicted octanol–water partition coefficient (Wildman–Crippen LogP) is 3.12. The second-order valence-corrected chi connectivity index (χ2v) is 4.62. The van der Waals surface area contributed by atoms with Crippen LogP contribution in [0.3, 0.4) is 0 Å². The molecule has 0 atom stereocenters. The Morgan fingerprint density at radius 3 is 2.50 bits per heavy atom. The topological polar surface area (TPSA) is 53.1 Å². The van der Waals surface area contributed by atoms with Gasteiger partial charge in [0.15, 0.2) is 0 Å². The van der Waals surface area contributed by atoms with E-state index in [9.17, 15) is 13.2 Å². The Hall–Kier alpha value is -1.24. The van der Waals surface area contributed by atoms with E-state index in [-0.39, 0.29) is 12.4 Å². The molecule has 3 nitrogen and oxygen atoms in total. The molecule has 1 aromatic rings. The van der Waals surface area contributed by atoms with E-state index in [0.717, 1.165) is 4.90 Å². The van der Waals surface area contributed by atoms with Gasteiger partial charge in [0, 0.05) is 22.3 Å². The molecule has 0 bridgehead atoms. The van der Waals surface area contributed by atoms with E-state index >= 15 is 0 Å². The van der Waals surface area contributed by atoms with Crippen molar-refractivity contribution in [2.45, 2.75) is 13.1 Å². The normalized spacial score (nSPS) is 11.4. The maximum Gasteiger partial charge on any atom is 0.405 e. The van der Waals surface area contributed by atoms with Crippen LogP contribution in [0.2, 0.25) is 0 Å². The Kier molecular flexibility index (Phi) is 4.61. The zero-order valence-corrected chi connectivity index (χ0v) is 11.3. The summed E-state index contributed by atoms with van der Waals surface area (Å²) in [7, 11) is 0. The summed E-state index contributed by atoms with van der Waals surface area (Å²) in [4.78, 5) is 1.14. The standard InChI is InChI=1S/C11H13BrF3N3/c1-2-18(6-11(13,14)15)9-5-7(12)3-4-8(9)10(16)17/h3-5H,2,6H2,1H3,(H3,16,17). The van der Waals surface area contributed by atoms with Crippen LogP contribution >= 0.6 is 15.9 Å². The van der Waals surface area contributed by atoms with E-state index < -0.39 is 12.7 Å². The first-order valence-electron chi connectivity index (χ1n) is 5.20. The number of hydrogen-bond donors (Lipinski definition) is 2. The SMILES string of the molecule is CCN(CC(F)(F)F)c1cc(Br)ccc1C(=N)N. The minimum Gasteiger partial charge on any atom is -0.384 e. The molecule has 0 aliphatic carbocycles. The molecular formula is C11H13BrF3N3. The predicted molar refractivity (Wildman–Crippen MR) is 69.1 cm³/mol. The van der Waals surface area contributed by atoms with Gasteiger partial charge in [0.05, 0.1) is 0 Å². The number of halogens is 4. The number of nitrogens with two attached hydrogens (primary N) is 1. The highest BCUT2D eigenvalue weighted by Gasteiger charge is 2.31. The minimum atomic E-state index is -4.30. The van der Waals surface area contributed by atoms with Crippen LogP contribution < -0.4 is 10.6 Å². The molecule has 0 saturated heterocycles. The van der Waals surface area contributed by atoms with Crippen molar-refractivity contribution in [3.63, 3.8) is 0 Å². The van der Waals surface area contributed by atoms with Crippen molar-refractivity contribution in [3.05, 3.63) is 28.2 Å². The lowest BCUT2D eigenvalue weighted by Crippen LogP contribution is -2.35. The molecule has 0 aliphatic heterocycles. The molecule has 100 valence electrons. The fraction of sp³-hybridized carbons (Fsp3) is 0.364. The average Bonchev–Trinajstić information content (AvgIpc) is 2.24. The first-order valence-corrected chi connectivity index (χ1v) is 5.99. The van der Waals surface area contributed by atoms with Gasteiger partial charge >= 0.3 is 6.18 Å². The largest absolute Gasteiger partial charge is 0.405 e. The Morgan fingerprint density at radius 2 is 2.06 bits per heavy atom. The lowest BCUT2D eigenvalue weighted by atomic mass is 10.1. The summed E-state index contributed by atoms with van der Waals surface area (Å²) in [6.07, 6.45) is -4.30. The number of nitrogens with one attached hydrogen (secondary N) is 1. The van der Waals surface area contributed by atoms with E-state index in [1.807, 2.05) is 0 Å². The first kappa shape index (κ1) is 14.8. The molecule has 18 heavy (non-hydrogen) atoms. The first-order chi connectivity index (χ1) is 8.24. The summed E-state index contributed by atoms with van der Waals surface area (Å²) in [5.74, 6) is -0.252. The lowest BCUT2D eigenvalue weighted by Gasteiger charge is -2.26. The van der Waals surface area contributed by atoms with Crippen LogP contribution in [0.15, 0.2) is 22.7 Å². The van der Waals surface area contributed by atoms with Gasteiger partial charge < -0.3 is 10.6 Å². The summed E-state index contributed by atoms with van der Waals surface area (Å²) < 4.78 is 38.1. The third-order valence-electron chi connectivity index (χ3n) is 2.34. The van der Waals surface area contributed by atoms with Crippen LogP contribution in [0.25, 0.3) is 0 Å². The third kappa shape index (κ3) is 3.90. The number of alkyl halides is 3. The highest BCUT2D eigenvalue weighted by atomic mass is 79.9. The van der Waals surface area contributed by atoms with Crippen molar-refractivity contribution in [1.29, 1.82) is 5.41 Å². The smallest absolute Gasteiger partial charge is 0.384 e. The van der Waals surface area contributed by atoms with E-state index in [1.54, 1.807) is 13.0 Å². The van der Waals surface area contributed by atoms with Gasteiger partial charge in [0.2, 0.25) is 0 Å². The second-order valence-electron chi connectivity index (χ2n) is 3.70. The summed E-state index contributed by atoms with van der Waals surface area (Å²) >= 11 is 3.20. The van der Waals surface area contributed by atoms with Crippen LogP contribution in [0.5, 0.6) is 0 Å². The van der Waals surface area contributed by atoms with E-state index in [0.29, 0.717) is 15.7 Å². The Labute approximate surface area is 111 Å². The third-order valence-corrected chi connectivity index (χ3v) is 2.84. The molecular weight excluding hydrogens is 311 g/mol. The molecule has 1 rings (SSSR count). The minimum absolute atomic E-state index is 0.177. The summed E-state index contributed by atoms with van der Waals surface area (Å²) in [5, 5.41) is 7.40. The summed E-state index contributed by atoms with van der Waals surface area (Å²) in [6.45, 7) is 0.729. The molecule has 0 fully saturated rings. The fourth-order valence-corrected chi connectivity index (χ4v) is 1.93. The van der Waals surface area contributed by atoms with Gasteiger partial charge in [-0.1, -0.05) is 15.9 Å². The second kappa shape index (κ2) is 5.60. The molecule has 0 unspecified atom stereocenters. The van der Waals surface area contributed by atoms with Crippen molar-refractivity contribution in [1.82, 2.24) is 0 Å². The molecule has 0 amide bonds. The van der Waals surface area contributed by atoms with Crippen molar-refractivity contribution in [3.8, 4) is 0 Å². The van der Waals surface area contributed by atoms with Gasteiger partial charge in [-0.05, 0) is 25.1 Å². The van der Waals surface area contributed by atoms with Crippen molar-refractivity contribution >= 4 is 27.5 Å². The number of nitrogen functional groups attached to an aromatic ring is 1. The van der Waals surface area contributed by atoms with Crippen LogP contribution in [0.4, 0.5) is 18.9 Å².